The molecule has 9 heteroatoms. The minimum atomic E-state index is -0.779. The van der Waals surface area contributed by atoms with Crippen LogP contribution in [-0.4, -0.2) is 41.3 Å². The second kappa shape index (κ2) is 12.8. The number of amidine groups is 2. The summed E-state index contributed by atoms with van der Waals surface area (Å²) < 4.78 is 37.2. The first-order valence-corrected chi connectivity index (χ1v) is 17.2. The number of aromatic amines is 1. The fraction of sp³-hybridized carbons (Fsp3) is 0.405. The van der Waals surface area contributed by atoms with E-state index in [-0.39, 0.29) is 40.2 Å². The molecule has 0 spiro atoms. The van der Waals surface area contributed by atoms with Crippen LogP contribution in [0.5, 0.6) is 11.5 Å². The molecule has 0 aliphatic carbocycles. The van der Waals surface area contributed by atoms with Gasteiger partial charge >= 0.3 is 0 Å². The lowest BCUT2D eigenvalue weighted by atomic mass is 9.84. The van der Waals surface area contributed by atoms with Crippen LogP contribution in [0.3, 0.4) is 0 Å². The van der Waals surface area contributed by atoms with Crippen molar-refractivity contribution < 1.29 is 13.5 Å². The van der Waals surface area contributed by atoms with Crippen LogP contribution >= 0.6 is 11.8 Å². The van der Waals surface area contributed by atoms with Crippen molar-refractivity contribution in [3.8, 4) is 11.5 Å². The Morgan fingerprint density at radius 1 is 1.11 bits per heavy atom. The van der Waals surface area contributed by atoms with Gasteiger partial charge in [0.2, 0.25) is 0 Å². The average molecular weight is 644 g/mol. The van der Waals surface area contributed by atoms with Crippen molar-refractivity contribution in [2.75, 3.05) is 18.6 Å². The summed E-state index contributed by atoms with van der Waals surface area (Å²) in [5, 5.41) is 16.9. The zero-order chi connectivity index (χ0) is 32.6. The number of fused-ring (bicyclic) bond motifs is 6. The number of rotatable bonds is 3. The summed E-state index contributed by atoms with van der Waals surface area (Å²) in [5.41, 5.74) is 3.12. The molecule has 0 saturated carbocycles. The molecule has 2 unspecified atom stereocenters. The highest BCUT2D eigenvalue weighted by Gasteiger charge is 2.58. The Balaban J connectivity index is 1.44. The molecule has 6 nitrogen and oxygen atoms in total. The molecule has 0 radical (unpaired) electrons. The molecule has 1 aromatic heterocycles. The normalized spacial score (nSPS) is 23.0. The third kappa shape index (κ3) is 6.45. The molecule has 1 fully saturated rings. The van der Waals surface area contributed by atoms with E-state index in [1.54, 1.807) is 13.2 Å². The number of nitrogens with one attached hydrogen (secondary N) is 4. The fourth-order valence-corrected chi connectivity index (χ4v) is 7.81. The predicted octanol–water partition coefficient (Wildman–Crippen LogP) is 8.34. The van der Waals surface area contributed by atoms with Crippen LogP contribution in [0.2, 0.25) is 0 Å². The maximum atomic E-state index is 15.6. The number of ether oxygens (including phenoxy) is 1. The number of thioether (sulfide) groups is 1. The van der Waals surface area contributed by atoms with Crippen molar-refractivity contribution in [1.29, 1.82) is 5.41 Å². The van der Waals surface area contributed by atoms with Crippen molar-refractivity contribution in [2.45, 2.75) is 65.0 Å². The first kappa shape index (κ1) is 32.3. The molecule has 2 bridgehead atoms. The van der Waals surface area contributed by atoms with Gasteiger partial charge in [-0.2, -0.15) is 11.8 Å². The topological polar surface area (TPSA) is 95.2 Å². The maximum Gasteiger partial charge on any atom is 0.168 e. The van der Waals surface area contributed by atoms with Crippen molar-refractivity contribution in [3.63, 3.8) is 0 Å². The minimum Gasteiger partial charge on any atom is -0.454 e. The van der Waals surface area contributed by atoms with E-state index in [1.807, 2.05) is 17.8 Å². The number of halogens is 2. The molecule has 4 N–H and O–H groups in total. The third-order valence-corrected chi connectivity index (χ3v) is 10.6. The maximum absolute atomic E-state index is 15.6. The Kier molecular flexibility index (Phi) is 9.00. The van der Waals surface area contributed by atoms with E-state index in [4.69, 9.17) is 9.73 Å². The number of hydrogen-bond acceptors (Lipinski definition) is 5. The van der Waals surface area contributed by atoms with Gasteiger partial charge in [0, 0.05) is 41.8 Å². The molecule has 3 heterocycles. The first-order valence-electron chi connectivity index (χ1n) is 16.1. The molecule has 2 aliphatic rings. The summed E-state index contributed by atoms with van der Waals surface area (Å²) in [5.74, 6) is 2.00. The molecule has 1 saturated heterocycles. The first-order chi connectivity index (χ1) is 22.0. The standard InChI is InChI=1S/C37H43F2N5OS/c1-22(2)17-23-7-6-8-24(18-23)37-32(44-37)11-14-36(3,4)21-46-16-13-27-26-12-15-42-31(26)20-30(39)33(27)45-25-9-10-29(38)28(19-25)34(41-5)43-35(37)40/h6-10,12,15,18-20,22,32,42,44H,11,13-14,16-17,21H2,1-5H3,(H2,40,41,43). The Hall–Kier alpha value is -3.69. The van der Waals surface area contributed by atoms with Crippen LogP contribution < -0.4 is 15.4 Å². The Labute approximate surface area is 274 Å². The van der Waals surface area contributed by atoms with Gasteiger partial charge in [-0.05, 0) is 83.9 Å². The van der Waals surface area contributed by atoms with E-state index in [0.29, 0.717) is 17.9 Å². The Morgan fingerprint density at radius 2 is 1.93 bits per heavy atom. The molecular weight excluding hydrogens is 601 g/mol. The summed E-state index contributed by atoms with van der Waals surface area (Å²) in [7, 11) is 1.66. The summed E-state index contributed by atoms with van der Waals surface area (Å²) in [6.45, 7) is 8.96. The van der Waals surface area contributed by atoms with Gasteiger partial charge in [0.05, 0.1) is 5.56 Å². The van der Waals surface area contributed by atoms with E-state index in [1.165, 1.54) is 29.8 Å². The van der Waals surface area contributed by atoms with Gasteiger partial charge in [0.15, 0.2) is 11.6 Å². The van der Waals surface area contributed by atoms with Crippen molar-refractivity contribution in [2.24, 2.45) is 16.3 Å². The quantitative estimate of drug-likeness (QED) is 0.169. The molecule has 2 atom stereocenters. The van der Waals surface area contributed by atoms with Crippen LogP contribution in [0, 0.1) is 28.4 Å². The lowest BCUT2D eigenvalue weighted by Crippen LogP contribution is -2.30. The van der Waals surface area contributed by atoms with Gasteiger partial charge in [-0.25, -0.2) is 13.8 Å². The molecule has 6 rings (SSSR count). The van der Waals surface area contributed by atoms with Gasteiger partial charge in [-0.3, -0.25) is 10.7 Å². The van der Waals surface area contributed by atoms with Crippen LogP contribution in [0.1, 0.15) is 62.8 Å². The molecule has 46 heavy (non-hydrogen) atoms. The SMILES string of the molecule is CN/C1=N\C(=N)C2(c3cccc(CC(C)C)c3)NC2CCC(C)(C)CSCCc2c(c(F)cc3[nH]ccc23)Oc2ccc(F)c1c2. The molecule has 0 amide bonds. The number of aryl methyl sites for hydroxylation is 1. The highest BCUT2D eigenvalue weighted by Crippen LogP contribution is 2.45. The lowest BCUT2D eigenvalue weighted by Gasteiger charge is -2.25. The van der Waals surface area contributed by atoms with E-state index >= 15 is 8.78 Å². The fourth-order valence-electron chi connectivity index (χ4n) is 6.62. The summed E-state index contributed by atoms with van der Waals surface area (Å²) in [6.07, 6.45) is 5.18. The van der Waals surface area contributed by atoms with Crippen LogP contribution in [0.15, 0.2) is 65.8 Å². The number of H-pyrrole nitrogens is 1. The van der Waals surface area contributed by atoms with Gasteiger partial charge in [0.25, 0.3) is 0 Å². The zero-order valence-corrected chi connectivity index (χ0v) is 28.0. The third-order valence-electron chi connectivity index (χ3n) is 9.08. The van der Waals surface area contributed by atoms with E-state index in [0.717, 1.165) is 47.3 Å². The number of nitrogens with zero attached hydrogens (tertiary/aromatic N) is 1. The highest BCUT2D eigenvalue weighted by molar-refractivity contribution is 7.99. The van der Waals surface area contributed by atoms with Gasteiger partial charge < -0.3 is 15.0 Å². The molecule has 242 valence electrons. The van der Waals surface area contributed by atoms with Gasteiger partial charge in [0.1, 0.15) is 28.8 Å². The number of aliphatic imine (C=N–C) groups is 1. The number of aromatic nitrogens is 1. The summed E-state index contributed by atoms with van der Waals surface area (Å²) in [4.78, 5) is 7.85. The molecular formula is C37H43F2N5OS. The zero-order valence-electron chi connectivity index (χ0n) is 27.2. The van der Waals surface area contributed by atoms with Crippen LogP contribution in [-0.2, 0) is 18.4 Å². The number of hydrogen-bond donors (Lipinski definition) is 4. The van der Waals surface area contributed by atoms with E-state index in [9.17, 15) is 5.41 Å². The second-order valence-electron chi connectivity index (χ2n) is 13.7. The summed E-state index contributed by atoms with van der Waals surface area (Å²) >= 11 is 1.86. The smallest absolute Gasteiger partial charge is 0.168 e. The predicted molar refractivity (Wildman–Crippen MR) is 186 cm³/mol. The average Bonchev–Trinajstić information content (AvgIpc) is 3.58. The minimum absolute atomic E-state index is 0.0237. The Bertz CT molecular complexity index is 1800. The van der Waals surface area contributed by atoms with Crippen LogP contribution in [0.4, 0.5) is 8.78 Å². The van der Waals surface area contributed by atoms with Gasteiger partial charge in [-0.1, -0.05) is 52.0 Å². The summed E-state index contributed by atoms with van der Waals surface area (Å²) in [6, 6.07) is 16.2. The van der Waals surface area contributed by atoms with Crippen LogP contribution in [0.25, 0.3) is 10.9 Å². The van der Waals surface area contributed by atoms with Crippen molar-refractivity contribution >= 4 is 34.3 Å². The highest BCUT2D eigenvalue weighted by atomic mass is 32.2. The molecule has 4 aromatic rings. The number of benzene rings is 3. The Morgan fingerprint density at radius 3 is 2.72 bits per heavy atom. The lowest BCUT2D eigenvalue weighted by molar-refractivity contribution is 0.370. The monoisotopic (exact) mass is 643 g/mol. The molecule has 2 aliphatic heterocycles. The van der Waals surface area contributed by atoms with E-state index < -0.39 is 17.2 Å². The van der Waals surface area contributed by atoms with Gasteiger partial charge in [-0.15, -0.1) is 0 Å². The second-order valence-corrected chi connectivity index (χ2v) is 14.8. The largest absolute Gasteiger partial charge is 0.454 e. The van der Waals surface area contributed by atoms with Crippen molar-refractivity contribution in [1.82, 2.24) is 15.6 Å². The van der Waals surface area contributed by atoms with Crippen molar-refractivity contribution in [3.05, 3.63) is 94.7 Å². The van der Waals surface area contributed by atoms with E-state index in [2.05, 4.69) is 67.6 Å². The molecule has 3 aromatic carbocycles.